The highest BCUT2D eigenvalue weighted by Crippen LogP contribution is 2.31. The first-order chi connectivity index (χ1) is 7.93. The lowest BCUT2D eigenvalue weighted by molar-refractivity contribution is 0.505. The second kappa shape index (κ2) is 4.58. The van der Waals surface area contributed by atoms with Crippen LogP contribution in [-0.2, 0) is 6.42 Å². The van der Waals surface area contributed by atoms with Crippen molar-refractivity contribution in [2.24, 2.45) is 5.92 Å². The predicted octanol–water partition coefficient (Wildman–Crippen LogP) is 4.62. The highest BCUT2D eigenvalue weighted by molar-refractivity contribution is 7.16. The summed E-state index contributed by atoms with van der Waals surface area (Å²) in [7, 11) is 0. The minimum absolute atomic E-state index is 0.985. The molecule has 3 rings (SSSR count). The maximum atomic E-state index is 3.46. The molecule has 0 aliphatic heterocycles. The minimum Gasteiger partial charge on any atom is -0.134 e. The Balaban J connectivity index is 1.73. The van der Waals surface area contributed by atoms with Crippen molar-refractivity contribution in [3.8, 4) is 0 Å². The maximum Gasteiger partial charge on any atom is 0.0490 e. The van der Waals surface area contributed by atoms with Crippen LogP contribution >= 0.6 is 11.3 Å². The summed E-state index contributed by atoms with van der Waals surface area (Å²) in [5, 5.41) is 4.86. The van der Waals surface area contributed by atoms with Crippen molar-refractivity contribution in [2.45, 2.75) is 38.5 Å². The van der Waals surface area contributed by atoms with Crippen LogP contribution in [0.3, 0.4) is 0 Å². The number of hydrogen-bond donors (Lipinski definition) is 0. The van der Waals surface area contributed by atoms with Gasteiger partial charge in [-0.1, -0.05) is 37.8 Å². The van der Waals surface area contributed by atoms with Gasteiger partial charge in [0.1, 0.15) is 0 Å². The van der Waals surface area contributed by atoms with E-state index in [4.69, 9.17) is 0 Å². The first-order valence-electron chi connectivity index (χ1n) is 6.22. The van der Waals surface area contributed by atoms with Crippen molar-refractivity contribution >= 4 is 21.4 Å². The zero-order valence-electron chi connectivity index (χ0n) is 9.46. The molecule has 1 heteroatoms. The molecule has 16 heavy (non-hydrogen) atoms. The van der Waals surface area contributed by atoms with Crippen molar-refractivity contribution in [1.29, 1.82) is 0 Å². The first-order valence-corrected chi connectivity index (χ1v) is 7.04. The molecule has 1 heterocycles. The van der Waals surface area contributed by atoms with Gasteiger partial charge in [0.2, 0.25) is 0 Å². The molecule has 1 aromatic heterocycles. The molecule has 0 atom stereocenters. The normalized spacial score (nSPS) is 17.2. The third-order valence-corrected chi connectivity index (χ3v) is 4.62. The molecule has 0 bridgehead atoms. The largest absolute Gasteiger partial charge is 0.134 e. The molecule has 2 aromatic rings. The fraction of sp³-hybridized carbons (Fsp3) is 0.467. The fourth-order valence-electron chi connectivity index (χ4n) is 2.75. The molecule has 0 amide bonds. The highest BCUT2D eigenvalue weighted by atomic mass is 32.1. The number of fused-ring (bicyclic) bond motifs is 1. The van der Waals surface area contributed by atoms with E-state index in [1.54, 1.807) is 11.3 Å². The third-order valence-electron chi connectivity index (χ3n) is 3.71. The van der Waals surface area contributed by atoms with Crippen molar-refractivity contribution in [1.82, 2.24) is 0 Å². The molecule has 1 saturated carbocycles. The SMILES string of the molecule is [c]1ccc2c(CCC3CCCC3)[c]sc2c1. The van der Waals surface area contributed by atoms with Crippen LogP contribution in [0.25, 0.3) is 10.1 Å². The van der Waals surface area contributed by atoms with Crippen LogP contribution in [0.5, 0.6) is 0 Å². The monoisotopic (exact) mass is 228 g/mol. The van der Waals surface area contributed by atoms with E-state index >= 15 is 0 Å². The van der Waals surface area contributed by atoms with Gasteiger partial charge in [0.25, 0.3) is 0 Å². The second-order valence-corrected chi connectivity index (χ2v) is 5.64. The van der Waals surface area contributed by atoms with E-state index < -0.39 is 0 Å². The van der Waals surface area contributed by atoms with Gasteiger partial charge < -0.3 is 0 Å². The Bertz CT molecular complexity index is 463. The molecule has 0 nitrogen and oxygen atoms in total. The van der Waals surface area contributed by atoms with Gasteiger partial charge in [0, 0.05) is 10.1 Å². The topological polar surface area (TPSA) is 0 Å². The number of hydrogen-bond acceptors (Lipinski definition) is 1. The summed E-state index contributed by atoms with van der Waals surface area (Å²) in [6.45, 7) is 0. The van der Waals surface area contributed by atoms with Gasteiger partial charge in [0.15, 0.2) is 0 Å². The lowest BCUT2D eigenvalue weighted by Gasteiger charge is -2.07. The molecule has 1 aliphatic rings. The van der Waals surface area contributed by atoms with Gasteiger partial charge in [-0.15, -0.1) is 11.3 Å². The first kappa shape index (κ1) is 10.3. The molecule has 0 unspecified atom stereocenters. The van der Waals surface area contributed by atoms with Crippen LogP contribution in [0.4, 0.5) is 0 Å². The Kier molecular flexibility index (Phi) is 2.96. The molecular weight excluding hydrogens is 212 g/mol. The molecule has 1 aliphatic carbocycles. The molecule has 0 spiro atoms. The zero-order chi connectivity index (χ0) is 10.8. The summed E-state index contributed by atoms with van der Waals surface area (Å²) in [5.74, 6) is 0.985. The standard InChI is InChI=1S/C15H16S/c1-2-6-12(5-1)9-10-13-11-16-15-8-4-3-7-14(13)15/h3,7-8,12H,1-2,5-6,9-10H2. The molecule has 0 N–H and O–H groups in total. The molecular formula is C15H16S. The number of rotatable bonds is 3. The van der Waals surface area contributed by atoms with E-state index in [-0.39, 0.29) is 0 Å². The zero-order valence-corrected chi connectivity index (χ0v) is 10.3. The predicted molar refractivity (Wildman–Crippen MR) is 69.8 cm³/mol. The number of aryl methyl sites for hydroxylation is 1. The van der Waals surface area contributed by atoms with Gasteiger partial charge in [-0.3, -0.25) is 0 Å². The van der Waals surface area contributed by atoms with E-state index in [1.807, 2.05) is 6.07 Å². The fourth-order valence-corrected chi connectivity index (χ4v) is 3.63. The van der Waals surface area contributed by atoms with E-state index in [1.165, 1.54) is 54.2 Å². The summed E-state index contributed by atoms with van der Waals surface area (Å²) in [6.07, 6.45) is 8.39. The van der Waals surface area contributed by atoms with E-state index in [9.17, 15) is 0 Å². The van der Waals surface area contributed by atoms with E-state index in [0.717, 1.165) is 5.92 Å². The van der Waals surface area contributed by atoms with Crippen LogP contribution in [0, 0.1) is 17.4 Å². The average Bonchev–Trinajstić information content (AvgIpc) is 2.96. The Hall–Kier alpha value is -0.820. The lowest BCUT2D eigenvalue weighted by Crippen LogP contribution is -1.95. The lowest BCUT2D eigenvalue weighted by atomic mass is 9.98. The third kappa shape index (κ3) is 2.01. The van der Waals surface area contributed by atoms with Crippen LogP contribution in [0.2, 0.25) is 0 Å². The number of thiophene rings is 1. The summed E-state index contributed by atoms with van der Waals surface area (Å²) in [5.41, 5.74) is 1.43. The van der Waals surface area contributed by atoms with E-state index in [2.05, 4.69) is 23.6 Å². The second-order valence-electron chi connectivity index (χ2n) is 4.79. The van der Waals surface area contributed by atoms with Gasteiger partial charge in [0.05, 0.1) is 0 Å². The Labute approximate surface area is 101 Å². The van der Waals surface area contributed by atoms with Crippen LogP contribution in [-0.4, -0.2) is 0 Å². The summed E-state index contributed by atoms with van der Waals surface area (Å²) in [6, 6.07) is 9.42. The van der Waals surface area contributed by atoms with Crippen LogP contribution in [0.1, 0.15) is 37.7 Å². The minimum atomic E-state index is 0.985. The molecule has 2 radical (unpaired) electrons. The summed E-state index contributed by atoms with van der Waals surface area (Å²) >= 11 is 1.74. The Morgan fingerprint density at radius 3 is 3.06 bits per heavy atom. The summed E-state index contributed by atoms with van der Waals surface area (Å²) in [4.78, 5) is 0. The van der Waals surface area contributed by atoms with Crippen molar-refractivity contribution in [3.05, 3.63) is 35.2 Å². The Morgan fingerprint density at radius 2 is 2.19 bits per heavy atom. The van der Waals surface area contributed by atoms with Crippen LogP contribution in [0.15, 0.2) is 18.2 Å². The molecule has 1 aromatic carbocycles. The smallest absolute Gasteiger partial charge is 0.0490 e. The van der Waals surface area contributed by atoms with Crippen molar-refractivity contribution < 1.29 is 0 Å². The number of benzene rings is 1. The van der Waals surface area contributed by atoms with E-state index in [0.29, 0.717) is 0 Å². The summed E-state index contributed by atoms with van der Waals surface area (Å²) < 4.78 is 1.34. The average molecular weight is 228 g/mol. The van der Waals surface area contributed by atoms with Gasteiger partial charge in [-0.05, 0) is 41.8 Å². The van der Waals surface area contributed by atoms with Gasteiger partial charge in [-0.2, -0.15) is 0 Å². The molecule has 82 valence electrons. The van der Waals surface area contributed by atoms with Crippen molar-refractivity contribution in [3.63, 3.8) is 0 Å². The Morgan fingerprint density at radius 1 is 1.31 bits per heavy atom. The van der Waals surface area contributed by atoms with Crippen LogP contribution < -0.4 is 0 Å². The molecule has 0 saturated heterocycles. The molecule has 1 fully saturated rings. The highest BCUT2D eigenvalue weighted by Gasteiger charge is 2.15. The van der Waals surface area contributed by atoms with Gasteiger partial charge in [-0.25, -0.2) is 0 Å². The van der Waals surface area contributed by atoms with Crippen molar-refractivity contribution in [2.75, 3.05) is 0 Å². The quantitative estimate of drug-likeness (QED) is 0.719. The van der Waals surface area contributed by atoms with Gasteiger partial charge >= 0.3 is 0 Å². The maximum absolute atomic E-state index is 3.46.